The molecule has 3 rings (SSSR count). The van der Waals surface area contributed by atoms with Crippen LogP contribution in [0, 0.1) is 0 Å². The maximum absolute atomic E-state index is 6.43. The molecule has 19 heavy (non-hydrogen) atoms. The zero-order valence-corrected chi connectivity index (χ0v) is 11.6. The summed E-state index contributed by atoms with van der Waals surface area (Å²) in [5, 5.41) is 7.66. The van der Waals surface area contributed by atoms with Crippen molar-refractivity contribution >= 4 is 17.4 Å². The van der Waals surface area contributed by atoms with Gasteiger partial charge in [-0.2, -0.15) is 5.10 Å². The van der Waals surface area contributed by atoms with E-state index in [0.29, 0.717) is 11.7 Å². The minimum atomic E-state index is 0.493. The molecule has 4 nitrogen and oxygen atoms in total. The van der Waals surface area contributed by atoms with Crippen LogP contribution >= 0.6 is 11.6 Å². The Morgan fingerprint density at radius 3 is 2.84 bits per heavy atom. The lowest BCUT2D eigenvalue weighted by molar-refractivity contribution is 0.411. The number of aromatic amines is 1. The molecule has 100 valence electrons. The van der Waals surface area contributed by atoms with Crippen LogP contribution in [0.4, 0.5) is 5.82 Å². The van der Waals surface area contributed by atoms with Crippen LogP contribution in [0.3, 0.4) is 0 Å². The zero-order valence-electron chi connectivity index (χ0n) is 10.9. The molecule has 0 spiro atoms. The maximum Gasteiger partial charge on any atom is 0.145 e. The van der Waals surface area contributed by atoms with E-state index in [2.05, 4.69) is 34.3 Å². The molecule has 1 saturated heterocycles. The van der Waals surface area contributed by atoms with Crippen LogP contribution in [-0.4, -0.2) is 35.2 Å². The lowest BCUT2D eigenvalue weighted by Gasteiger charge is -2.13. The highest BCUT2D eigenvalue weighted by Crippen LogP contribution is 2.34. The van der Waals surface area contributed by atoms with Crippen LogP contribution in [0.15, 0.2) is 24.3 Å². The molecule has 1 fully saturated rings. The quantitative estimate of drug-likeness (QED) is 0.887. The number of benzene rings is 1. The molecule has 1 aromatic heterocycles. The molecule has 2 heterocycles. The van der Waals surface area contributed by atoms with Gasteiger partial charge >= 0.3 is 0 Å². The number of anilines is 1. The molecule has 1 unspecified atom stereocenters. The number of rotatable bonds is 2. The fourth-order valence-corrected chi connectivity index (χ4v) is 3.03. The number of likely N-dealkylation sites (tertiary alicyclic amines) is 1. The van der Waals surface area contributed by atoms with Crippen molar-refractivity contribution in [3.63, 3.8) is 0 Å². The highest BCUT2D eigenvalue weighted by Gasteiger charge is 2.23. The molecule has 5 heteroatoms. The molecular formula is C14H17ClN4. The Morgan fingerprint density at radius 2 is 2.26 bits per heavy atom. The molecule has 0 radical (unpaired) electrons. The Balaban J connectivity index is 1.89. The number of nitrogens with zero attached hydrogens (tertiary/aromatic N) is 2. The van der Waals surface area contributed by atoms with Crippen LogP contribution in [-0.2, 0) is 0 Å². The largest absolute Gasteiger partial charge is 0.382 e. The van der Waals surface area contributed by atoms with Gasteiger partial charge in [0.05, 0.1) is 5.69 Å². The molecule has 2 aromatic rings. The van der Waals surface area contributed by atoms with Gasteiger partial charge in [-0.1, -0.05) is 23.7 Å². The molecule has 0 bridgehead atoms. The van der Waals surface area contributed by atoms with Crippen LogP contribution in [0.1, 0.15) is 17.9 Å². The van der Waals surface area contributed by atoms with Gasteiger partial charge in [-0.05, 0) is 37.6 Å². The van der Waals surface area contributed by atoms with Crippen molar-refractivity contribution in [3.8, 4) is 11.3 Å². The SMILES string of the molecule is CN1CCC(c2ccc(-c3cc(N)n[nH]3)cc2Cl)C1. The van der Waals surface area contributed by atoms with Crippen molar-refractivity contribution in [2.24, 2.45) is 0 Å². The minimum Gasteiger partial charge on any atom is -0.382 e. The Hall–Kier alpha value is -1.52. The Kier molecular flexibility index (Phi) is 3.21. The topological polar surface area (TPSA) is 57.9 Å². The van der Waals surface area contributed by atoms with Gasteiger partial charge in [-0.25, -0.2) is 0 Å². The first kappa shape index (κ1) is 12.5. The number of H-pyrrole nitrogens is 1. The average Bonchev–Trinajstić information content (AvgIpc) is 2.98. The predicted octanol–water partition coefficient (Wildman–Crippen LogP) is 2.73. The van der Waals surface area contributed by atoms with Gasteiger partial charge in [-0.3, -0.25) is 5.10 Å². The number of hydrogen-bond acceptors (Lipinski definition) is 3. The van der Waals surface area contributed by atoms with Gasteiger partial charge in [-0.15, -0.1) is 0 Å². The third-order valence-electron chi connectivity index (χ3n) is 3.74. The number of aromatic nitrogens is 2. The molecule has 1 aromatic carbocycles. The highest BCUT2D eigenvalue weighted by atomic mass is 35.5. The molecule has 1 aliphatic heterocycles. The first-order valence-corrected chi connectivity index (χ1v) is 6.80. The molecule has 0 saturated carbocycles. The number of nitrogen functional groups attached to an aromatic ring is 1. The van der Waals surface area contributed by atoms with Gasteiger partial charge in [0.2, 0.25) is 0 Å². The standard InChI is InChI=1S/C14H17ClN4/c1-19-5-4-10(8-19)11-3-2-9(6-12(11)15)13-7-14(16)18-17-13/h2-3,6-7,10H,4-5,8H2,1H3,(H3,16,17,18). The second-order valence-electron chi connectivity index (χ2n) is 5.19. The number of nitrogens with two attached hydrogens (primary N) is 1. The molecule has 3 N–H and O–H groups in total. The molecule has 1 aliphatic rings. The first-order valence-electron chi connectivity index (χ1n) is 6.43. The van der Waals surface area contributed by atoms with E-state index in [-0.39, 0.29) is 0 Å². The summed E-state index contributed by atoms with van der Waals surface area (Å²) in [7, 11) is 2.15. The van der Waals surface area contributed by atoms with Crippen molar-refractivity contribution in [1.29, 1.82) is 0 Å². The fourth-order valence-electron chi connectivity index (χ4n) is 2.70. The van der Waals surface area contributed by atoms with Crippen LogP contribution in [0.25, 0.3) is 11.3 Å². The normalized spacial score (nSPS) is 20.0. The Morgan fingerprint density at radius 1 is 1.42 bits per heavy atom. The van der Waals surface area contributed by atoms with Crippen LogP contribution < -0.4 is 5.73 Å². The Labute approximate surface area is 117 Å². The van der Waals surface area contributed by atoms with E-state index in [0.717, 1.165) is 29.4 Å². The van der Waals surface area contributed by atoms with E-state index in [4.69, 9.17) is 17.3 Å². The van der Waals surface area contributed by atoms with Crippen molar-refractivity contribution in [3.05, 3.63) is 34.9 Å². The lowest BCUT2D eigenvalue weighted by atomic mass is 9.96. The van der Waals surface area contributed by atoms with E-state index in [9.17, 15) is 0 Å². The lowest BCUT2D eigenvalue weighted by Crippen LogP contribution is -2.13. The van der Waals surface area contributed by atoms with Crippen molar-refractivity contribution in [2.45, 2.75) is 12.3 Å². The monoisotopic (exact) mass is 276 g/mol. The Bertz CT molecular complexity index is 593. The van der Waals surface area contributed by atoms with Crippen molar-refractivity contribution in [2.75, 3.05) is 25.9 Å². The summed E-state index contributed by atoms with van der Waals surface area (Å²) in [6, 6.07) is 8.00. The smallest absolute Gasteiger partial charge is 0.145 e. The third kappa shape index (κ3) is 2.46. The van der Waals surface area contributed by atoms with E-state index < -0.39 is 0 Å². The summed E-state index contributed by atoms with van der Waals surface area (Å²) in [6.45, 7) is 2.22. The highest BCUT2D eigenvalue weighted by molar-refractivity contribution is 6.31. The van der Waals surface area contributed by atoms with Crippen LogP contribution in [0.2, 0.25) is 5.02 Å². The van der Waals surface area contributed by atoms with Gasteiger partial charge in [0, 0.05) is 23.2 Å². The maximum atomic E-state index is 6.43. The first-order chi connectivity index (χ1) is 9.13. The van der Waals surface area contributed by atoms with Crippen LogP contribution in [0.5, 0.6) is 0 Å². The third-order valence-corrected chi connectivity index (χ3v) is 4.07. The summed E-state index contributed by atoms with van der Waals surface area (Å²) in [5.74, 6) is 1.03. The second-order valence-corrected chi connectivity index (χ2v) is 5.60. The summed E-state index contributed by atoms with van der Waals surface area (Å²) in [6.07, 6.45) is 1.17. The van der Waals surface area contributed by atoms with Gasteiger partial charge in [0.15, 0.2) is 0 Å². The average molecular weight is 277 g/mol. The summed E-state index contributed by atoms with van der Waals surface area (Å²) < 4.78 is 0. The number of likely N-dealkylation sites (N-methyl/N-ethyl adjacent to an activating group) is 1. The molecule has 1 atom stereocenters. The summed E-state index contributed by atoms with van der Waals surface area (Å²) in [4.78, 5) is 2.34. The number of nitrogens with one attached hydrogen (secondary N) is 1. The van der Waals surface area contributed by atoms with Gasteiger partial charge < -0.3 is 10.6 Å². The van der Waals surface area contributed by atoms with Crippen molar-refractivity contribution in [1.82, 2.24) is 15.1 Å². The second kappa shape index (κ2) is 4.87. The summed E-state index contributed by atoms with van der Waals surface area (Å²) in [5.41, 5.74) is 8.77. The zero-order chi connectivity index (χ0) is 13.4. The number of halogens is 1. The van der Waals surface area contributed by atoms with Gasteiger partial charge in [0.25, 0.3) is 0 Å². The molecular weight excluding hydrogens is 260 g/mol. The van der Waals surface area contributed by atoms with E-state index in [1.54, 1.807) is 0 Å². The predicted molar refractivity (Wildman–Crippen MR) is 78.3 cm³/mol. The van der Waals surface area contributed by atoms with Gasteiger partial charge in [0.1, 0.15) is 5.82 Å². The van der Waals surface area contributed by atoms with E-state index >= 15 is 0 Å². The molecule has 0 aliphatic carbocycles. The van der Waals surface area contributed by atoms with E-state index in [1.165, 1.54) is 12.0 Å². The fraction of sp³-hybridized carbons (Fsp3) is 0.357. The molecule has 0 amide bonds. The summed E-state index contributed by atoms with van der Waals surface area (Å²) >= 11 is 6.43. The number of hydrogen-bond donors (Lipinski definition) is 2. The minimum absolute atomic E-state index is 0.493. The van der Waals surface area contributed by atoms with Crippen molar-refractivity contribution < 1.29 is 0 Å². The van der Waals surface area contributed by atoms with E-state index in [1.807, 2.05) is 12.1 Å².